The Hall–Kier alpha value is -2.10. The molecule has 152 valence electrons. The standard InChI is InChI=1S/C19H25N3O4S2/c1-14-11-16(26-2)7-8-17(14)21-19(23)22-9-3-5-15(13-22)12-20-28(24,25)18-6-4-10-27-18/h4,6-8,10-11,15,20H,3,5,9,12-13H2,1-2H3,(H,21,23)/t15-/m0/s1. The number of nitrogens with zero attached hydrogens (tertiary/aromatic N) is 1. The predicted molar refractivity (Wildman–Crippen MR) is 111 cm³/mol. The highest BCUT2D eigenvalue weighted by Crippen LogP contribution is 2.23. The second kappa shape index (κ2) is 8.93. The highest BCUT2D eigenvalue weighted by Gasteiger charge is 2.26. The fraction of sp³-hybridized carbons (Fsp3) is 0.421. The average molecular weight is 424 g/mol. The summed E-state index contributed by atoms with van der Waals surface area (Å²) in [7, 11) is -1.87. The summed E-state index contributed by atoms with van der Waals surface area (Å²) >= 11 is 1.19. The molecule has 2 amide bonds. The number of thiophene rings is 1. The topological polar surface area (TPSA) is 87.7 Å². The molecule has 1 aromatic heterocycles. The normalized spacial score (nSPS) is 17.4. The molecule has 3 rings (SSSR count). The molecule has 1 aliphatic heterocycles. The van der Waals surface area contributed by atoms with Gasteiger partial charge in [-0.15, -0.1) is 11.3 Å². The number of nitrogens with one attached hydrogen (secondary N) is 2. The first-order valence-corrected chi connectivity index (χ1v) is 11.5. The lowest BCUT2D eigenvalue weighted by molar-refractivity contribution is 0.178. The molecule has 28 heavy (non-hydrogen) atoms. The van der Waals surface area contributed by atoms with Crippen LogP contribution in [0, 0.1) is 12.8 Å². The van der Waals surface area contributed by atoms with Crippen molar-refractivity contribution in [1.29, 1.82) is 0 Å². The molecule has 7 nitrogen and oxygen atoms in total. The van der Waals surface area contributed by atoms with Crippen molar-refractivity contribution in [2.75, 3.05) is 32.1 Å². The van der Waals surface area contributed by atoms with Crippen molar-refractivity contribution in [2.45, 2.75) is 24.0 Å². The smallest absolute Gasteiger partial charge is 0.321 e. The van der Waals surface area contributed by atoms with Gasteiger partial charge in [0.15, 0.2) is 0 Å². The molecule has 9 heteroatoms. The molecule has 1 aliphatic rings. The Morgan fingerprint density at radius 3 is 2.86 bits per heavy atom. The van der Waals surface area contributed by atoms with Crippen molar-refractivity contribution < 1.29 is 17.9 Å². The van der Waals surface area contributed by atoms with E-state index in [1.807, 2.05) is 19.1 Å². The van der Waals surface area contributed by atoms with Gasteiger partial charge in [0.05, 0.1) is 7.11 Å². The number of rotatable bonds is 6. The molecule has 2 aromatic rings. The van der Waals surface area contributed by atoms with Crippen molar-refractivity contribution >= 4 is 33.1 Å². The molecule has 0 spiro atoms. The molecule has 1 aromatic carbocycles. The van der Waals surface area contributed by atoms with E-state index in [1.165, 1.54) is 11.3 Å². The van der Waals surface area contributed by atoms with Crippen LogP contribution in [0.5, 0.6) is 5.75 Å². The lowest BCUT2D eigenvalue weighted by Gasteiger charge is -2.33. The Morgan fingerprint density at radius 1 is 1.36 bits per heavy atom. The summed E-state index contributed by atoms with van der Waals surface area (Å²) in [5.74, 6) is 0.831. The highest BCUT2D eigenvalue weighted by molar-refractivity contribution is 7.91. The monoisotopic (exact) mass is 423 g/mol. The zero-order valence-electron chi connectivity index (χ0n) is 16.0. The second-order valence-corrected chi connectivity index (χ2v) is 9.79. The molecule has 0 saturated carbocycles. The summed E-state index contributed by atoms with van der Waals surface area (Å²) in [4.78, 5) is 14.4. The second-order valence-electron chi connectivity index (χ2n) is 6.85. The number of amides is 2. The van der Waals surface area contributed by atoms with Gasteiger partial charge in [0, 0.05) is 25.3 Å². The molecular weight excluding hydrogens is 398 g/mol. The number of piperidine rings is 1. The third-order valence-electron chi connectivity index (χ3n) is 4.80. The summed E-state index contributed by atoms with van der Waals surface area (Å²) in [5.41, 5.74) is 1.66. The maximum atomic E-state index is 12.7. The van der Waals surface area contributed by atoms with Gasteiger partial charge in [0.2, 0.25) is 10.0 Å². The van der Waals surface area contributed by atoms with Gasteiger partial charge in [-0.05, 0) is 60.9 Å². The molecule has 1 atom stereocenters. The molecular formula is C19H25N3O4S2. The largest absolute Gasteiger partial charge is 0.497 e. The quantitative estimate of drug-likeness (QED) is 0.746. The molecule has 1 saturated heterocycles. The molecule has 0 unspecified atom stereocenters. The maximum Gasteiger partial charge on any atom is 0.321 e. The summed E-state index contributed by atoms with van der Waals surface area (Å²) in [5, 5.41) is 4.68. The number of urea groups is 1. The van der Waals surface area contributed by atoms with Crippen LogP contribution >= 0.6 is 11.3 Å². The van der Waals surface area contributed by atoms with E-state index in [0.717, 1.165) is 29.8 Å². The van der Waals surface area contributed by atoms with Crippen molar-refractivity contribution in [2.24, 2.45) is 5.92 Å². The van der Waals surface area contributed by atoms with Crippen LogP contribution in [-0.4, -0.2) is 46.1 Å². The van der Waals surface area contributed by atoms with Gasteiger partial charge in [-0.1, -0.05) is 6.07 Å². The van der Waals surface area contributed by atoms with Crippen LogP contribution in [0.3, 0.4) is 0 Å². The van der Waals surface area contributed by atoms with E-state index in [1.54, 1.807) is 35.6 Å². The SMILES string of the molecule is COc1ccc(NC(=O)N2CCC[C@@H](CNS(=O)(=O)c3cccs3)C2)c(C)c1. The number of carbonyl (C=O) groups is 1. The van der Waals surface area contributed by atoms with Crippen LogP contribution in [0.15, 0.2) is 39.9 Å². The van der Waals surface area contributed by atoms with E-state index in [-0.39, 0.29) is 11.9 Å². The van der Waals surface area contributed by atoms with Gasteiger partial charge in [-0.25, -0.2) is 17.9 Å². The van der Waals surface area contributed by atoms with Gasteiger partial charge < -0.3 is 15.0 Å². The number of likely N-dealkylation sites (tertiary alicyclic amines) is 1. The Bertz CT molecular complexity index is 913. The van der Waals surface area contributed by atoms with Gasteiger partial charge in [0.25, 0.3) is 0 Å². The van der Waals surface area contributed by atoms with Gasteiger partial charge in [-0.2, -0.15) is 0 Å². The summed E-state index contributed by atoms with van der Waals surface area (Å²) in [6.45, 7) is 3.42. The minimum Gasteiger partial charge on any atom is -0.497 e. The summed E-state index contributed by atoms with van der Waals surface area (Å²) < 4.78 is 32.7. The van der Waals surface area contributed by atoms with Gasteiger partial charge in [0.1, 0.15) is 9.96 Å². The number of aryl methyl sites for hydroxylation is 1. The van der Waals surface area contributed by atoms with E-state index >= 15 is 0 Å². The van der Waals surface area contributed by atoms with E-state index in [0.29, 0.717) is 23.8 Å². The van der Waals surface area contributed by atoms with Crippen LogP contribution < -0.4 is 14.8 Å². The summed E-state index contributed by atoms with van der Waals surface area (Å²) in [6.07, 6.45) is 1.73. The number of methoxy groups -OCH3 is 1. The van der Waals surface area contributed by atoms with Gasteiger partial charge in [-0.3, -0.25) is 0 Å². The highest BCUT2D eigenvalue weighted by atomic mass is 32.2. The Labute approximate surface area is 169 Å². The average Bonchev–Trinajstić information content (AvgIpc) is 3.24. The minimum atomic E-state index is -3.48. The fourth-order valence-electron chi connectivity index (χ4n) is 3.23. The number of hydrogen-bond acceptors (Lipinski definition) is 5. The van der Waals surface area contributed by atoms with Crippen molar-refractivity contribution in [3.05, 3.63) is 41.3 Å². The minimum absolute atomic E-state index is 0.0891. The first kappa shape index (κ1) is 20.6. The van der Waals surface area contributed by atoms with Crippen LogP contribution in [0.25, 0.3) is 0 Å². The fourth-order valence-corrected chi connectivity index (χ4v) is 5.38. The first-order valence-electron chi connectivity index (χ1n) is 9.13. The molecule has 2 heterocycles. The Kier molecular flexibility index (Phi) is 6.58. The van der Waals surface area contributed by atoms with E-state index in [2.05, 4.69) is 10.0 Å². The molecule has 0 aliphatic carbocycles. The lowest BCUT2D eigenvalue weighted by Crippen LogP contribution is -2.45. The van der Waals surface area contributed by atoms with Crippen LogP contribution in [0.4, 0.5) is 10.5 Å². The van der Waals surface area contributed by atoms with Crippen molar-refractivity contribution in [1.82, 2.24) is 9.62 Å². The molecule has 1 fully saturated rings. The number of anilines is 1. The number of ether oxygens (including phenoxy) is 1. The third-order valence-corrected chi connectivity index (χ3v) is 7.62. The number of hydrogen-bond donors (Lipinski definition) is 2. The number of benzene rings is 1. The maximum absolute atomic E-state index is 12.7. The van der Waals surface area contributed by atoms with Gasteiger partial charge >= 0.3 is 6.03 Å². The zero-order valence-corrected chi connectivity index (χ0v) is 17.6. The van der Waals surface area contributed by atoms with Crippen LogP contribution in [0.1, 0.15) is 18.4 Å². The molecule has 2 N–H and O–H groups in total. The van der Waals surface area contributed by atoms with E-state index < -0.39 is 10.0 Å². The zero-order chi connectivity index (χ0) is 20.1. The van der Waals surface area contributed by atoms with Crippen molar-refractivity contribution in [3.63, 3.8) is 0 Å². The Morgan fingerprint density at radius 2 is 2.18 bits per heavy atom. The number of sulfonamides is 1. The van der Waals surface area contributed by atoms with Crippen LogP contribution in [0.2, 0.25) is 0 Å². The predicted octanol–water partition coefficient (Wildman–Crippen LogP) is 3.29. The van der Waals surface area contributed by atoms with Crippen molar-refractivity contribution in [3.8, 4) is 5.75 Å². The Balaban J connectivity index is 1.56. The van der Waals surface area contributed by atoms with E-state index in [4.69, 9.17) is 4.74 Å². The lowest BCUT2D eigenvalue weighted by atomic mass is 9.99. The van der Waals surface area contributed by atoms with E-state index in [9.17, 15) is 13.2 Å². The first-order chi connectivity index (χ1) is 13.4. The summed E-state index contributed by atoms with van der Waals surface area (Å²) in [6, 6.07) is 8.63. The number of carbonyl (C=O) groups excluding carboxylic acids is 1. The molecule has 0 radical (unpaired) electrons. The third kappa shape index (κ3) is 5.03. The molecule has 0 bridgehead atoms. The van der Waals surface area contributed by atoms with Crippen LogP contribution in [-0.2, 0) is 10.0 Å².